The molecule has 2 aromatic carbocycles. The van der Waals surface area contributed by atoms with Crippen molar-refractivity contribution >= 4 is 28.3 Å². The summed E-state index contributed by atoms with van der Waals surface area (Å²) in [5.74, 6) is 2.09. The van der Waals surface area contributed by atoms with Crippen molar-refractivity contribution < 1.29 is 24.1 Å². The van der Waals surface area contributed by atoms with Crippen molar-refractivity contribution in [2.75, 3.05) is 69.7 Å². The molecule has 232 valence electrons. The van der Waals surface area contributed by atoms with Gasteiger partial charge in [0.05, 0.1) is 37.6 Å². The molecule has 2 N–H and O–H groups in total. The van der Waals surface area contributed by atoms with Gasteiger partial charge in [0.15, 0.2) is 11.5 Å². The fourth-order valence-electron chi connectivity index (χ4n) is 5.87. The van der Waals surface area contributed by atoms with Crippen LogP contribution in [0.3, 0.4) is 0 Å². The third-order valence-corrected chi connectivity index (χ3v) is 8.06. The number of aliphatic hydroxyl groups is 1. The summed E-state index contributed by atoms with van der Waals surface area (Å²) in [7, 11) is 1.65. The van der Waals surface area contributed by atoms with E-state index in [1.165, 1.54) is 32.4 Å². The zero-order chi connectivity index (χ0) is 30.2. The van der Waals surface area contributed by atoms with Gasteiger partial charge in [0, 0.05) is 61.6 Å². The molecule has 10 heteroatoms. The Kier molecular flexibility index (Phi) is 10.4. The molecule has 43 heavy (non-hydrogen) atoms. The lowest BCUT2D eigenvalue weighted by molar-refractivity contribution is 0.203. The molecule has 5 rings (SSSR count). The summed E-state index contributed by atoms with van der Waals surface area (Å²) in [5.41, 5.74) is 3.17. The standard InChI is InChI=1S/C33H45N5O5/c1-24(2)43-27-10-8-26(9-11-27)35-33(40)38-17-15-37(16-18-38)32-25(23-39)22-34-29-21-31(30(41-3)20-28(29)32)42-19-7-14-36-12-5-4-6-13-36/h8-11,20-22,24,39H,4-7,12-19,23H2,1-3H3,(H,35,40). The number of carbonyl (C=O) groups excluding carboxylic acids is 1. The molecule has 0 spiro atoms. The van der Waals surface area contributed by atoms with Gasteiger partial charge in [-0.15, -0.1) is 0 Å². The third-order valence-electron chi connectivity index (χ3n) is 8.06. The Balaban J connectivity index is 1.23. The lowest BCUT2D eigenvalue weighted by Gasteiger charge is -2.37. The fourth-order valence-corrected chi connectivity index (χ4v) is 5.87. The zero-order valence-corrected chi connectivity index (χ0v) is 25.7. The molecule has 0 atom stereocenters. The minimum absolute atomic E-state index is 0.0938. The number of piperidine rings is 1. The number of aromatic nitrogens is 1. The molecule has 2 saturated heterocycles. The molecule has 1 aromatic heterocycles. The summed E-state index contributed by atoms with van der Waals surface area (Å²) >= 11 is 0. The average Bonchev–Trinajstić information content (AvgIpc) is 3.03. The van der Waals surface area contributed by atoms with Gasteiger partial charge in [-0.05, 0) is 76.5 Å². The summed E-state index contributed by atoms with van der Waals surface area (Å²) in [4.78, 5) is 24.2. The van der Waals surface area contributed by atoms with E-state index in [4.69, 9.17) is 14.2 Å². The first kappa shape index (κ1) is 30.7. The van der Waals surface area contributed by atoms with Crippen molar-refractivity contribution in [3.05, 3.63) is 48.2 Å². The largest absolute Gasteiger partial charge is 0.493 e. The van der Waals surface area contributed by atoms with E-state index in [0.717, 1.165) is 46.6 Å². The predicted molar refractivity (Wildman–Crippen MR) is 170 cm³/mol. The first-order valence-corrected chi connectivity index (χ1v) is 15.5. The number of rotatable bonds is 11. The number of amides is 2. The van der Waals surface area contributed by atoms with Gasteiger partial charge < -0.3 is 39.3 Å². The molecular formula is C33H45N5O5. The number of carbonyl (C=O) groups is 1. The molecule has 2 aliphatic heterocycles. The number of hydrogen-bond donors (Lipinski definition) is 2. The maximum Gasteiger partial charge on any atom is 0.321 e. The van der Waals surface area contributed by atoms with E-state index in [1.807, 2.05) is 55.1 Å². The Morgan fingerprint density at radius 3 is 2.42 bits per heavy atom. The number of pyridine rings is 1. The van der Waals surface area contributed by atoms with E-state index >= 15 is 0 Å². The van der Waals surface area contributed by atoms with Crippen LogP contribution in [0.25, 0.3) is 10.9 Å². The number of urea groups is 1. The van der Waals surface area contributed by atoms with Crippen LogP contribution < -0.4 is 24.4 Å². The van der Waals surface area contributed by atoms with E-state index in [1.54, 1.807) is 13.3 Å². The van der Waals surface area contributed by atoms with Crippen LogP contribution >= 0.6 is 0 Å². The van der Waals surface area contributed by atoms with Gasteiger partial charge >= 0.3 is 6.03 Å². The van der Waals surface area contributed by atoms with Gasteiger partial charge in [-0.3, -0.25) is 4.98 Å². The van der Waals surface area contributed by atoms with Gasteiger partial charge in [0.2, 0.25) is 0 Å². The highest BCUT2D eigenvalue weighted by atomic mass is 16.5. The summed E-state index contributed by atoms with van der Waals surface area (Å²) in [6, 6.07) is 11.2. The molecule has 10 nitrogen and oxygen atoms in total. The number of aliphatic hydroxyl groups excluding tert-OH is 1. The summed E-state index contributed by atoms with van der Waals surface area (Å²) < 4.78 is 17.6. The second kappa shape index (κ2) is 14.6. The van der Waals surface area contributed by atoms with Crippen LogP contribution in [0.2, 0.25) is 0 Å². The summed E-state index contributed by atoms with van der Waals surface area (Å²) in [5, 5.41) is 14.1. The maximum absolute atomic E-state index is 13.0. The van der Waals surface area contributed by atoms with Crippen molar-refractivity contribution in [3.63, 3.8) is 0 Å². The highest BCUT2D eigenvalue weighted by Gasteiger charge is 2.25. The lowest BCUT2D eigenvalue weighted by atomic mass is 10.1. The van der Waals surface area contributed by atoms with Gasteiger partial charge in [-0.2, -0.15) is 0 Å². The predicted octanol–water partition coefficient (Wildman–Crippen LogP) is 5.13. The van der Waals surface area contributed by atoms with Crippen LogP contribution in [-0.4, -0.2) is 91.6 Å². The minimum Gasteiger partial charge on any atom is -0.493 e. The number of methoxy groups -OCH3 is 1. The molecule has 0 aliphatic carbocycles. The molecule has 2 amide bonds. The number of nitrogens with zero attached hydrogens (tertiary/aromatic N) is 4. The summed E-state index contributed by atoms with van der Waals surface area (Å²) in [6.07, 6.45) is 6.69. The molecule has 0 unspecified atom stereocenters. The highest BCUT2D eigenvalue weighted by molar-refractivity contribution is 5.96. The van der Waals surface area contributed by atoms with Crippen molar-refractivity contribution in [1.29, 1.82) is 0 Å². The van der Waals surface area contributed by atoms with Gasteiger partial charge in [0.25, 0.3) is 0 Å². The average molecular weight is 592 g/mol. The second-order valence-corrected chi connectivity index (χ2v) is 11.5. The van der Waals surface area contributed by atoms with Crippen molar-refractivity contribution in [2.24, 2.45) is 0 Å². The number of ether oxygens (including phenoxy) is 3. The van der Waals surface area contributed by atoms with Crippen LogP contribution in [0.15, 0.2) is 42.6 Å². The van der Waals surface area contributed by atoms with Gasteiger partial charge in [0.1, 0.15) is 5.75 Å². The molecule has 3 aromatic rings. The molecular weight excluding hydrogens is 546 g/mol. The first-order chi connectivity index (χ1) is 20.9. The zero-order valence-electron chi connectivity index (χ0n) is 25.7. The molecule has 0 bridgehead atoms. The van der Waals surface area contributed by atoms with E-state index in [0.29, 0.717) is 44.3 Å². The molecule has 0 saturated carbocycles. The van der Waals surface area contributed by atoms with Gasteiger partial charge in [-0.1, -0.05) is 6.42 Å². The minimum atomic E-state index is -0.136. The van der Waals surface area contributed by atoms with Crippen molar-refractivity contribution in [3.8, 4) is 17.2 Å². The van der Waals surface area contributed by atoms with E-state index in [-0.39, 0.29) is 18.7 Å². The highest BCUT2D eigenvalue weighted by Crippen LogP contribution is 2.38. The van der Waals surface area contributed by atoms with Crippen LogP contribution in [0, 0.1) is 0 Å². The molecule has 2 aliphatic rings. The molecule has 0 radical (unpaired) electrons. The Morgan fingerprint density at radius 1 is 1.00 bits per heavy atom. The second-order valence-electron chi connectivity index (χ2n) is 11.5. The van der Waals surface area contributed by atoms with E-state index in [9.17, 15) is 9.90 Å². The van der Waals surface area contributed by atoms with Crippen LogP contribution in [0.1, 0.15) is 45.1 Å². The number of anilines is 2. The fraction of sp³-hybridized carbons (Fsp3) is 0.515. The number of benzene rings is 2. The van der Waals surface area contributed by atoms with Crippen molar-refractivity contribution in [2.45, 2.75) is 52.2 Å². The van der Waals surface area contributed by atoms with Crippen LogP contribution in [0.5, 0.6) is 17.2 Å². The third kappa shape index (κ3) is 7.80. The van der Waals surface area contributed by atoms with Crippen LogP contribution in [-0.2, 0) is 6.61 Å². The van der Waals surface area contributed by atoms with E-state index in [2.05, 4.69) is 20.1 Å². The van der Waals surface area contributed by atoms with Gasteiger partial charge in [-0.25, -0.2) is 4.79 Å². The maximum atomic E-state index is 13.0. The number of likely N-dealkylation sites (tertiary alicyclic amines) is 1. The Hall–Kier alpha value is -3.76. The monoisotopic (exact) mass is 591 g/mol. The first-order valence-electron chi connectivity index (χ1n) is 15.5. The Morgan fingerprint density at radius 2 is 1.74 bits per heavy atom. The number of piperazine rings is 1. The topological polar surface area (TPSA) is 99.6 Å². The Labute approximate surface area is 254 Å². The number of nitrogens with one attached hydrogen (secondary N) is 1. The number of fused-ring (bicyclic) bond motifs is 1. The summed E-state index contributed by atoms with van der Waals surface area (Å²) in [6.45, 7) is 10.2. The molecule has 3 heterocycles. The van der Waals surface area contributed by atoms with Crippen molar-refractivity contribution in [1.82, 2.24) is 14.8 Å². The van der Waals surface area contributed by atoms with E-state index < -0.39 is 0 Å². The lowest BCUT2D eigenvalue weighted by Crippen LogP contribution is -2.50. The molecule has 2 fully saturated rings. The normalized spacial score (nSPS) is 16.0. The SMILES string of the molecule is COc1cc2c(N3CCN(C(=O)Nc4ccc(OC(C)C)cc4)CC3)c(CO)cnc2cc1OCCCN1CCCCC1. The smallest absolute Gasteiger partial charge is 0.321 e. The quantitative estimate of drug-likeness (QED) is 0.296. The van der Waals surface area contributed by atoms with Crippen LogP contribution in [0.4, 0.5) is 16.2 Å². The number of hydrogen-bond acceptors (Lipinski definition) is 8. The Bertz CT molecular complexity index is 1350.